The molecule has 3 N–H and O–H groups in total. The summed E-state index contributed by atoms with van der Waals surface area (Å²) in [6, 6.07) is 16.7. The van der Waals surface area contributed by atoms with Crippen molar-refractivity contribution in [3.8, 4) is 5.75 Å². The Kier molecular flexibility index (Phi) is 4.18. The van der Waals surface area contributed by atoms with E-state index in [9.17, 15) is 0 Å². The van der Waals surface area contributed by atoms with E-state index in [-0.39, 0.29) is 0 Å². The highest BCUT2D eigenvalue weighted by molar-refractivity contribution is 7.98. The van der Waals surface area contributed by atoms with E-state index in [0.717, 1.165) is 17.1 Å². The predicted octanol–water partition coefficient (Wildman–Crippen LogP) is 3.93. The van der Waals surface area contributed by atoms with Gasteiger partial charge in [0.2, 0.25) is 0 Å². The molecule has 0 amide bonds. The fourth-order valence-electron chi connectivity index (χ4n) is 2.37. The molecule has 3 rings (SSSR count). The fourth-order valence-corrected chi connectivity index (χ4v) is 3.26. The Bertz CT molecular complexity index is 718. The van der Waals surface area contributed by atoms with Gasteiger partial charge in [-0.25, -0.2) is 0 Å². The molecule has 1 heterocycles. The molecule has 0 atom stereocenters. The molecule has 0 fully saturated rings. The van der Waals surface area contributed by atoms with Crippen molar-refractivity contribution < 1.29 is 4.74 Å². The van der Waals surface area contributed by atoms with Crippen molar-refractivity contribution in [2.24, 2.45) is 5.73 Å². The van der Waals surface area contributed by atoms with E-state index in [0.29, 0.717) is 6.54 Å². The summed E-state index contributed by atoms with van der Waals surface area (Å²) in [5.41, 5.74) is 9.24. The van der Waals surface area contributed by atoms with Crippen LogP contribution in [-0.4, -0.2) is 12.1 Å². The molecule has 3 nitrogen and oxygen atoms in total. The van der Waals surface area contributed by atoms with Crippen molar-refractivity contribution in [3.63, 3.8) is 0 Å². The van der Waals surface area contributed by atoms with Crippen LogP contribution in [0.15, 0.2) is 53.6 Å². The molecule has 21 heavy (non-hydrogen) atoms. The second-order valence-corrected chi connectivity index (χ2v) is 5.88. The third kappa shape index (κ3) is 3.06. The second kappa shape index (κ2) is 6.24. The highest BCUT2D eigenvalue weighted by atomic mass is 32.2. The smallest absolute Gasteiger partial charge is 0.123 e. The average Bonchev–Trinajstić information content (AvgIpc) is 2.95. The zero-order chi connectivity index (χ0) is 14.7. The number of rotatable bonds is 5. The molecule has 1 aromatic heterocycles. The number of hydrogen-bond donors (Lipinski definition) is 2. The SMILES string of the molecule is COc1ccc(CSc2cc3ccccc3[nH]2)cc1CN. The third-order valence-corrected chi connectivity index (χ3v) is 4.47. The number of H-pyrrole nitrogens is 1. The number of aromatic amines is 1. The van der Waals surface area contributed by atoms with Crippen LogP contribution in [0.2, 0.25) is 0 Å². The molecule has 0 saturated heterocycles. The quantitative estimate of drug-likeness (QED) is 0.702. The van der Waals surface area contributed by atoms with Gasteiger partial charge in [-0.2, -0.15) is 0 Å². The fraction of sp³-hybridized carbons (Fsp3) is 0.176. The van der Waals surface area contributed by atoms with Crippen LogP contribution in [0, 0.1) is 0 Å². The first kappa shape index (κ1) is 14.0. The number of aromatic nitrogens is 1. The predicted molar refractivity (Wildman–Crippen MR) is 88.7 cm³/mol. The standard InChI is InChI=1S/C17H18N2OS/c1-20-16-7-6-12(8-14(16)10-18)11-21-17-9-13-4-2-3-5-15(13)19-17/h2-9,19H,10-11,18H2,1H3. The minimum atomic E-state index is 0.494. The van der Waals surface area contributed by atoms with Crippen LogP contribution in [0.5, 0.6) is 5.75 Å². The Balaban J connectivity index is 1.75. The lowest BCUT2D eigenvalue weighted by Crippen LogP contribution is -2.00. The lowest BCUT2D eigenvalue weighted by Gasteiger charge is -2.08. The first-order valence-electron chi connectivity index (χ1n) is 6.86. The largest absolute Gasteiger partial charge is 0.496 e. The van der Waals surface area contributed by atoms with E-state index in [1.807, 2.05) is 12.1 Å². The van der Waals surface area contributed by atoms with Crippen molar-refractivity contribution in [2.45, 2.75) is 17.3 Å². The van der Waals surface area contributed by atoms with Gasteiger partial charge in [-0.1, -0.05) is 24.3 Å². The van der Waals surface area contributed by atoms with Gasteiger partial charge in [-0.15, -0.1) is 11.8 Å². The van der Waals surface area contributed by atoms with Crippen LogP contribution in [0.25, 0.3) is 10.9 Å². The maximum Gasteiger partial charge on any atom is 0.123 e. The maximum absolute atomic E-state index is 5.76. The molecule has 2 aromatic carbocycles. The van der Waals surface area contributed by atoms with Gasteiger partial charge in [0.05, 0.1) is 12.1 Å². The molecule has 0 spiro atoms. The van der Waals surface area contributed by atoms with Gasteiger partial charge in [-0.3, -0.25) is 0 Å². The van der Waals surface area contributed by atoms with Gasteiger partial charge in [0.1, 0.15) is 5.75 Å². The van der Waals surface area contributed by atoms with Crippen LogP contribution in [0.4, 0.5) is 0 Å². The molecule has 0 aliphatic rings. The summed E-state index contributed by atoms with van der Waals surface area (Å²) in [7, 11) is 1.67. The number of hydrogen-bond acceptors (Lipinski definition) is 3. The topological polar surface area (TPSA) is 51.0 Å². The number of ether oxygens (including phenoxy) is 1. The van der Waals surface area contributed by atoms with Gasteiger partial charge in [-0.05, 0) is 29.8 Å². The minimum Gasteiger partial charge on any atom is -0.496 e. The lowest BCUT2D eigenvalue weighted by atomic mass is 10.1. The van der Waals surface area contributed by atoms with E-state index in [4.69, 9.17) is 10.5 Å². The van der Waals surface area contributed by atoms with Crippen molar-refractivity contribution in [1.29, 1.82) is 0 Å². The Morgan fingerprint density at radius 3 is 2.76 bits per heavy atom. The molecule has 0 aliphatic heterocycles. The van der Waals surface area contributed by atoms with E-state index in [1.165, 1.54) is 21.5 Å². The molecule has 0 bridgehead atoms. The monoisotopic (exact) mass is 298 g/mol. The lowest BCUT2D eigenvalue weighted by molar-refractivity contribution is 0.409. The zero-order valence-corrected chi connectivity index (χ0v) is 12.7. The van der Waals surface area contributed by atoms with Crippen LogP contribution >= 0.6 is 11.8 Å². The summed E-state index contributed by atoms with van der Waals surface area (Å²) in [6.45, 7) is 0.494. The van der Waals surface area contributed by atoms with Gasteiger partial charge in [0.25, 0.3) is 0 Å². The minimum absolute atomic E-state index is 0.494. The van der Waals surface area contributed by atoms with Crippen molar-refractivity contribution in [3.05, 3.63) is 59.7 Å². The number of nitrogens with one attached hydrogen (secondary N) is 1. The summed E-state index contributed by atoms with van der Waals surface area (Å²) >= 11 is 1.79. The highest BCUT2D eigenvalue weighted by Crippen LogP contribution is 2.28. The van der Waals surface area contributed by atoms with E-state index < -0.39 is 0 Å². The Labute approximate surface area is 128 Å². The van der Waals surface area contributed by atoms with Gasteiger partial charge in [0, 0.05) is 28.8 Å². The van der Waals surface area contributed by atoms with E-state index in [2.05, 4.69) is 41.4 Å². The Morgan fingerprint density at radius 2 is 2.00 bits per heavy atom. The normalized spacial score (nSPS) is 11.0. The summed E-state index contributed by atoms with van der Waals surface area (Å²) in [5.74, 6) is 1.76. The maximum atomic E-state index is 5.76. The molecule has 0 unspecified atom stereocenters. The number of thioether (sulfide) groups is 1. The summed E-state index contributed by atoms with van der Waals surface area (Å²) in [4.78, 5) is 3.43. The Morgan fingerprint density at radius 1 is 1.14 bits per heavy atom. The molecule has 108 valence electrons. The molecule has 0 radical (unpaired) electrons. The Hall–Kier alpha value is -1.91. The number of para-hydroxylation sites is 1. The molecule has 3 aromatic rings. The van der Waals surface area contributed by atoms with Crippen LogP contribution in [0.1, 0.15) is 11.1 Å². The first-order valence-corrected chi connectivity index (χ1v) is 7.85. The molecule has 0 saturated carbocycles. The summed E-state index contributed by atoms with van der Waals surface area (Å²) in [5, 5.41) is 2.43. The average molecular weight is 298 g/mol. The van der Waals surface area contributed by atoms with Crippen molar-refractivity contribution in [2.75, 3.05) is 7.11 Å². The first-order chi connectivity index (χ1) is 10.3. The van der Waals surface area contributed by atoms with E-state index >= 15 is 0 Å². The second-order valence-electron chi connectivity index (χ2n) is 4.86. The molecular weight excluding hydrogens is 280 g/mol. The summed E-state index contributed by atoms with van der Waals surface area (Å²) < 4.78 is 5.30. The zero-order valence-electron chi connectivity index (χ0n) is 11.9. The summed E-state index contributed by atoms with van der Waals surface area (Å²) in [6.07, 6.45) is 0. The molecule has 4 heteroatoms. The molecular formula is C17H18N2OS. The van der Waals surface area contributed by atoms with Crippen molar-refractivity contribution >= 4 is 22.7 Å². The number of fused-ring (bicyclic) bond motifs is 1. The number of benzene rings is 2. The van der Waals surface area contributed by atoms with Crippen LogP contribution in [0.3, 0.4) is 0 Å². The van der Waals surface area contributed by atoms with E-state index in [1.54, 1.807) is 18.9 Å². The number of nitrogens with two attached hydrogens (primary N) is 1. The number of methoxy groups -OCH3 is 1. The van der Waals surface area contributed by atoms with Crippen molar-refractivity contribution in [1.82, 2.24) is 4.98 Å². The van der Waals surface area contributed by atoms with Crippen LogP contribution < -0.4 is 10.5 Å². The van der Waals surface area contributed by atoms with Crippen LogP contribution in [-0.2, 0) is 12.3 Å². The highest BCUT2D eigenvalue weighted by Gasteiger charge is 2.05. The third-order valence-electron chi connectivity index (χ3n) is 3.46. The van der Waals surface area contributed by atoms with Gasteiger partial charge < -0.3 is 15.5 Å². The van der Waals surface area contributed by atoms with Gasteiger partial charge in [0.15, 0.2) is 0 Å². The molecule has 0 aliphatic carbocycles. The van der Waals surface area contributed by atoms with Gasteiger partial charge >= 0.3 is 0 Å².